The molecule has 1 aromatic carbocycles. The normalized spacial score (nSPS) is 20.2. The molecule has 0 radical (unpaired) electrons. The van der Waals surface area contributed by atoms with Crippen LogP contribution in [-0.2, 0) is 11.3 Å². The van der Waals surface area contributed by atoms with Crippen LogP contribution in [0.4, 0.5) is 9.18 Å². The van der Waals surface area contributed by atoms with Crippen molar-refractivity contribution in [2.75, 3.05) is 13.1 Å². The Hall–Kier alpha value is -2.11. The van der Waals surface area contributed by atoms with E-state index in [0.29, 0.717) is 25.1 Å². The molecule has 0 spiro atoms. The summed E-state index contributed by atoms with van der Waals surface area (Å²) >= 11 is 0. The van der Waals surface area contributed by atoms with Crippen LogP contribution in [0.3, 0.4) is 0 Å². The monoisotopic (exact) mass is 347 g/mol. The Labute approximate surface area is 148 Å². The molecule has 25 heavy (non-hydrogen) atoms. The second kappa shape index (κ2) is 7.85. The smallest absolute Gasteiger partial charge is 0.318 e. The lowest BCUT2D eigenvalue weighted by Crippen LogP contribution is -2.51. The first-order valence-electron chi connectivity index (χ1n) is 9.16. The maximum absolute atomic E-state index is 14.0. The van der Waals surface area contributed by atoms with Gasteiger partial charge in [0, 0.05) is 37.2 Å². The number of urea groups is 1. The first-order chi connectivity index (χ1) is 12.1. The van der Waals surface area contributed by atoms with Crippen LogP contribution in [0.1, 0.15) is 44.6 Å². The van der Waals surface area contributed by atoms with E-state index in [9.17, 15) is 14.0 Å². The van der Waals surface area contributed by atoms with E-state index < -0.39 is 0 Å². The largest absolute Gasteiger partial charge is 0.341 e. The maximum atomic E-state index is 14.0. The Balaban J connectivity index is 1.62. The molecule has 1 aliphatic carbocycles. The Kier molecular flexibility index (Phi) is 5.56. The van der Waals surface area contributed by atoms with Gasteiger partial charge < -0.3 is 15.1 Å². The summed E-state index contributed by atoms with van der Waals surface area (Å²) < 4.78 is 14.0. The number of halogens is 1. The van der Waals surface area contributed by atoms with E-state index >= 15 is 0 Å². The second-order valence-corrected chi connectivity index (χ2v) is 6.93. The summed E-state index contributed by atoms with van der Waals surface area (Å²) in [6.45, 7) is 3.39. The number of nitrogens with one attached hydrogen (secondary N) is 1. The average molecular weight is 347 g/mol. The number of hydrogen-bond acceptors (Lipinski definition) is 2. The highest BCUT2D eigenvalue weighted by Crippen LogP contribution is 2.27. The number of likely N-dealkylation sites (tertiary alicyclic amines) is 1. The minimum atomic E-state index is -0.278. The van der Waals surface area contributed by atoms with Crippen molar-refractivity contribution in [2.45, 2.75) is 57.7 Å². The molecule has 1 aromatic rings. The van der Waals surface area contributed by atoms with E-state index in [1.165, 1.54) is 6.07 Å². The Morgan fingerprint density at radius 3 is 2.68 bits per heavy atom. The summed E-state index contributed by atoms with van der Waals surface area (Å²) in [5, 5.41) is 3.05. The van der Waals surface area contributed by atoms with Gasteiger partial charge in [-0.2, -0.15) is 0 Å². The van der Waals surface area contributed by atoms with E-state index in [-0.39, 0.29) is 36.4 Å². The van der Waals surface area contributed by atoms with E-state index in [1.54, 1.807) is 28.0 Å². The molecule has 3 rings (SSSR count). The second-order valence-electron chi connectivity index (χ2n) is 6.93. The van der Waals surface area contributed by atoms with Crippen molar-refractivity contribution in [3.8, 4) is 0 Å². The number of benzene rings is 1. The third kappa shape index (κ3) is 4.11. The Bertz CT molecular complexity index is 633. The Morgan fingerprint density at radius 2 is 2.04 bits per heavy atom. The third-order valence-electron chi connectivity index (χ3n) is 5.25. The van der Waals surface area contributed by atoms with Gasteiger partial charge in [0.25, 0.3) is 0 Å². The molecule has 6 heteroatoms. The van der Waals surface area contributed by atoms with Crippen molar-refractivity contribution in [3.63, 3.8) is 0 Å². The first kappa shape index (κ1) is 17.7. The summed E-state index contributed by atoms with van der Waals surface area (Å²) in [5.41, 5.74) is 0.541. The van der Waals surface area contributed by atoms with Gasteiger partial charge in [-0.05, 0) is 31.7 Å². The predicted octanol–water partition coefficient (Wildman–Crippen LogP) is 2.90. The van der Waals surface area contributed by atoms with Gasteiger partial charge in [0.15, 0.2) is 0 Å². The molecule has 0 bridgehead atoms. The van der Waals surface area contributed by atoms with Gasteiger partial charge in [0.2, 0.25) is 5.91 Å². The van der Waals surface area contributed by atoms with Gasteiger partial charge in [-0.25, -0.2) is 9.18 Å². The van der Waals surface area contributed by atoms with E-state index in [2.05, 4.69) is 5.32 Å². The molecule has 1 saturated heterocycles. The summed E-state index contributed by atoms with van der Waals surface area (Å²) in [6, 6.07) is 6.61. The molecule has 3 amide bonds. The van der Waals surface area contributed by atoms with Crippen molar-refractivity contribution in [2.24, 2.45) is 0 Å². The highest BCUT2D eigenvalue weighted by molar-refractivity contribution is 5.77. The Morgan fingerprint density at radius 1 is 1.28 bits per heavy atom. The summed E-state index contributed by atoms with van der Waals surface area (Å²) in [7, 11) is 0. The van der Waals surface area contributed by atoms with Crippen LogP contribution in [0.25, 0.3) is 0 Å². The molecule has 136 valence electrons. The van der Waals surface area contributed by atoms with E-state index in [0.717, 1.165) is 25.7 Å². The lowest BCUT2D eigenvalue weighted by molar-refractivity contribution is -0.129. The molecule has 1 atom stereocenters. The van der Waals surface area contributed by atoms with Crippen molar-refractivity contribution < 1.29 is 14.0 Å². The van der Waals surface area contributed by atoms with Crippen LogP contribution in [0.5, 0.6) is 0 Å². The van der Waals surface area contributed by atoms with Crippen LogP contribution in [0.15, 0.2) is 24.3 Å². The van der Waals surface area contributed by atoms with Crippen LogP contribution >= 0.6 is 0 Å². The van der Waals surface area contributed by atoms with Gasteiger partial charge in [0.1, 0.15) is 5.82 Å². The number of carbonyl (C=O) groups is 2. The van der Waals surface area contributed by atoms with Crippen molar-refractivity contribution in [1.29, 1.82) is 0 Å². The molecule has 1 saturated carbocycles. The number of hydrogen-bond donors (Lipinski definition) is 1. The van der Waals surface area contributed by atoms with Gasteiger partial charge in [0.05, 0.1) is 6.54 Å². The molecule has 0 aromatic heterocycles. The number of nitrogens with zero attached hydrogens (tertiary/aromatic N) is 2. The number of rotatable bonds is 5. The van der Waals surface area contributed by atoms with Gasteiger partial charge in [-0.1, -0.05) is 25.1 Å². The summed E-state index contributed by atoms with van der Waals surface area (Å²) in [4.78, 5) is 28.1. The fourth-order valence-electron chi connectivity index (χ4n) is 3.46. The van der Waals surface area contributed by atoms with E-state index in [1.807, 2.05) is 6.92 Å². The fraction of sp³-hybridized carbons (Fsp3) is 0.579. The van der Waals surface area contributed by atoms with Crippen LogP contribution < -0.4 is 5.32 Å². The minimum absolute atomic E-state index is 0.0220. The molecule has 2 fully saturated rings. The predicted molar refractivity (Wildman–Crippen MR) is 93.4 cm³/mol. The van der Waals surface area contributed by atoms with Gasteiger partial charge >= 0.3 is 6.03 Å². The molecule has 2 aliphatic rings. The van der Waals surface area contributed by atoms with Crippen LogP contribution in [0.2, 0.25) is 0 Å². The zero-order valence-electron chi connectivity index (χ0n) is 14.7. The standard InChI is InChI=1S/C19H26FN3O2/c1-2-18(24)22-11-10-15(13-22)21-19(25)23(16-7-5-8-16)12-14-6-3-4-9-17(14)20/h3-4,6,9,15-16H,2,5,7-8,10-13H2,1H3,(H,21,25)/t15-/m1/s1. The molecular formula is C19H26FN3O2. The fourth-order valence-corrected chi connectivity index (χ4v) is 3.46. The highest BCUT2D eigenvalue weighted by Gasteiger charge is 2.32. The quantitative estimate of drug-likeness (QED) is 0.890. The number of amides is 3. The molecule has 1 heterocycles. The third-order valence-corrected chi connectivity index (χ3v) is 5.25. The zero-order chi connectivity index (χ0) is 17.8. The molecule has 1 aliphatic heterocycles. The molecular weight excluding hydrogens is 321 g/mol. The maximum Gasteiger partial charge on any atom is 0.318 e. The lowest BCUT2D eigenvalue weighted by Gasteiger charge is -2.38. The minimum Gasteiger partial charge on any atom is -0.341 e. The van der Waals surface area contributed by atoms with Gasteiger partial charge in [-0.3, -0.25) is 4.79 Å². The summed E-state index contributed by atoms with van der Waals surface area (Å²) in [6.07, 6.45) is 4.30. The number of carbonyl (C=O) groups excluding carboxylic acids is 2. The molecule has 1 N–H and O–H groups in total. The van der Waals surface area contributed by atoms with Crippen molar-refractivity contribution in [1.82, 2.24) is 15.1 Å². The van der Waals surface area contributed by atoms with Crippen LogP contribution in [0, 0.1) is 5.82 Å². The highest BCUT2D eigenvalue weighted by atomic mass is 19.1. The van der Waals surface area contributed by atoms with Gasteiger partial charge in [-0.15, -0.1) is 0 Å². The first-order valence-corrected chi connectivity index (χ1v) is 9.16. The lowest BCUT2D eigenvalue weighted by atomic mass is 9.91. The molecule has 0 unspecified atom stereocenters. The SMILES string of the molecule is CCC(=O)N1CC[C@@H](NC(=O)N(Cc2ccccc2F)C2CCC2)C1. The summed E-state index contributed by atoms with van der Waals surface area (Å²) in [5.74, 6) is -0.154. The zero-order valence-corrected chi connectivity index (χ0v) is 14.7. The topological polar surface area (TPSA) is 52.7 Å². The molecule has 5 nitrogen and oxygen atoms in total. The van der Waals surface area contributed by atoms with Crippen molar-refractivity contribution in [3.05, 3.63) is 35.6 Å². The van der Waals surface area contributed by atoms with Crippen LogP contribution in [-0.4, -0.2) is 46.9 Å². The average Bonchev–Trinajstić information content (AvgIpc) is 3.02. The van der Waals surface area contributed by atoms with Crippen molar-refractivity contribution >= 4 is 11.9 Å². The van der Waals surface area contributed by atoms with E-state index in [4.69, 9.17) is 0 Å².